The summed E-state index contributed by atoms with van der Waals surface area (Å²) >= 11 is 0. The van der Waals surface area contributed by atoms with Crippen LogP contribution in [0.2, 0.25) is 0 Å². The molecule has 0 unspecified atom stereocenters. The van der Waals surface area contributed by atoms with Crippen LogP contribution in [0.1, 0.15) is 11.1 Å². The Morgan fingerprint density at radius 3 is 2.67 bits per heavy atom. The van der Waals surface area contributed by atoms with Crippen molar-refractivity contribution in [3.63, 3.8) is 0 Å². The number of aryl methyl sites for hydroxylation is 2. The van der Waals surface area contributed by atoms with Gasteiger partial charge in [0, 0.05) is 6.21 Å². The van der Waals surface area contributed by atoms with E-state index in [0.717, 1.165) is 5.69 Å². The third-order valence-electron chi connectivity index (χ3n) is 1.67. The van der Waals surface area contributed by atoms with Gasteiger partial charge in [-0.15, -0.1) is 0 Å². The minimum atomic E-state index is 1.01. The Labute approximate surface area is 73.5 Å². The van der Waals surface area contributed by atoms with Gasteiger partial charge in [0.25, 0.3) is 0 Å². The smallest absolute Gasteiger partial charge is 0.0658 e. The maximum atomic E-state index is 4.22. The van der Waals surface area contributed by atoms with Gasteiger partial charge in [-0.3, -0.25) is 4.99 Å². The number of hydrogen-bond acceptors (Lipinski definition) is 1. The molecule has 0 heterocycles. The van der Waals surface area contributed by atoms with E-state index >= 15 is 0 Å². The summed E-state index contributed by atoms with van der Waals surface area (Å²) in [7, 11) is 0. The molecule has 0 radical (unpaired) electrons. The second kappa shape index (κ2) is 3.86. The van der Waals surface area contributed by atoms with E-state index in [1.807, 2.05) is 6.07 Å². The molecule has 0 aliphatic carbocycles. The molecular weight excluding hydrogens is 146 g/mol. The Morgan fingerprint density at radius 2 is 2.08 bits per heavy atom. The molecule has 0 N–H and O–H groups in total. The molecule has 0 aliphatic heterocycles. The second-order valence-corrected chi connectivity index (χ2v) is 2.80. The molecule has 0 bridgehead atoms. The number of benzene rings is 1. The molecule has 0 amide bonds. The van der Waals surface area contributed by atoms with E-state index in [9.17, 15) is 0 Å². The van der Waals surface area contributed by atoms with Crippen molar-refractivity contribution in [3.8, 4) is 0 Å². The van der Waals surface area contributed by atoms with E-state index in [1.165, 1.54) is 11.1 Å². The first kappa shape index (κ1) is 8.72. The van der Waals surface area contributed by atoms with Crippen molar-refractivity contribution < 1.29 is 0 Å². The Balaban J connectivity index is 3.01. The van der Waals surface area contributed by atoms with Gasteiger partial charge in [-0.25, -0.2) is 0 Å². The summed E-state index contributed by atoms with van der Waals surface area (Å²) in [4.78, 5) is 4.22. The first-order chi connectivity index (χ1) is 5.74. The average Bonchev–Trinajstić information content (AvgIpc) is 2.03. The van der Waals surface area contributed by atoms with Crippen LogP contribution in [-0.2, 0) is 0 Å². The van der Waals surface area contributed by atoms with Crippen LogP contribution in [0.4, 0.5) is 5.69 Å². The zero-order chi connectivity index (χ0) is 8.97. The molecule has 0 aromatic heterocycles. The average molecular weight is 159 g/mol. The van der Waals surface area contributed by atoms with E-state index < -0.39 is 0 Å². The largest absolute Gasteiger partial charge is 0.257 e. The van der Waals surface area contributed by atoms with Gasteiger partial charge in [-0.2, -0.15) is 0 Å². The highest BCUT2D eigenvalue weighted by atomic mass is 14.7. The third-order valence-corrected chi connectivity index (χ3v) is 1.67. The molecule has 62 valence electrons. The summed E-state index contributed by atoms with van der Waals surface area (Å²) in [5.74, 6) is 0. The highest BCUT2D eigenvalue weighted by Crippen LogP contribution is 2.18. The van der Waals surface area contributed by atoms with Crippen LogP contribution in [0.25, 0.3) is 0 Å². The number of nitrogens with zero attached hydrogens (tertiary/aromatic N) is 1. The zero-order valence-corrected chi connectivity index (χ0v) is 7.54. The Bertz CT molecular complexity index is 311. The van der Waals surface area contributed by atoms with Crippen LogP contribution >= 0.6 is 0 Å². The van der Waals surface area contributed by atoms with Crippen LogP contribution in [0.15, 0.2) is 35.8 Å². The van der Waals surface area contributed by atoms with E-state index in [2.05, 4.69) is 37.6 Å². The van der Waals surface area contributed by atoms with Crippen LogP contribution in [0, 0.1) is 13.8 Å². The second-order valence-electron chi connectivity index (χ2n) is 2.80. The van der Waals surface area contributed by atoms with Crippen molar-refractivity contribution in [2.24, 2.45) is 4.99 Å². The highest BCUT2D eigenvalue weighted by molar-refractivity contribution is 5.74. The lowest BCUT2D eigenvalue weighted by atomic mass is 10.1. The Morgan fingerprint density at radius 1 is 1.33 bits per heavy atom. The van der Waals surface area contributed by atoms with E-state index in [0.29, 0.717) is 0 Å². The minimum absolute atomic E-state index is 1.01. The molecule has 0 saturated carbocycles. The van der Waals surface area contributed by atoms with Gasteiger partial charge in [0.1, 0.15) is 0 Å². The van der Waals surface area contributed by atoms with Gasteiger partial charge in [0.15, 0.2) is 0 Å². The first-order valence-electron chi connectivity index (χ1n) is 3.96. The molecule has 1 aromatic carbocycles. The fraction of sp³-hybridized carbons (Fsp3) is 0.182. The predicted octanol–water partition coefficient (Wildman–Crippen LogP) is 3.19. The quantitative estimate of drug-likeness (QED) is 0.588. The summed E-state index contributed by atoms with van der Waals surface area (Å²) in [6.07, 6.45) is 3.39. The van der Waals surface area contributed by atoms with Gasteiger partial charge in [-0.1, -0.05) is 30.4 Å². The molecule has 0 saturated heterocycles. The molecule has 1 aromatic rings. The van der Waals surface area contributed by atoms with Gasteiger partial charge in [0.2, 0.25) is 0 Å². The van der Waals surface area contributed by atoms with Crippen molar-refractivity contribution in [3.05, 3.63) is 42.0 Å². The summed E-state index contributed by atoms with van der Waals surface area (Å²) in [5.41, 5.74) is 3.48. The molecule has 0 spiro atoms. The highest BCUT2D eigenvalue weighted by Gasteiger charge is 1.93. The topological polar surface area (TPSA) is 12.4 Å². The SMILES string of the molecule is C=C/C=N\c1ccc(C)cc1C. The molecular formula is C11H13N. The standard InChI is InChI=1S/C11H13N/c1-4-7-12-11-6-5-9(2)8-10(11)3/h4-8H,1H2,2-3H3/b12-7-. The van der Waals surface area contributed by atoms with Crippen molar-refractivity contribution in [2.45, 2.75) is 13.8 Å². The minimum Gasteiger partial charge on any atom is -0.257 e. The molecule has 0 fully saturated rings. The maximum Gasteiger partial charge on any atom is 0.0658 e. The maximum absolute atomic E-state index is 4.22. The monoisotopic (exact) mass is 159 g/mol. The van der Waals surface area contributed by atoms with Gasteiger partial charge in [-0.05, 0) is 25.5 Å². The summed E-state index contributed by atoms with van der Waals surface area (Å²) < 4.78 is 0. The van der Waals surface area contributed by atoms with Crippen molar-refractivity contribution in [1.82, 2.24) is 0 Å². The fourth-order valence-electron chi connectivity index (χ4n) is 1.08. The molecule has 0 atom stereocenters. The number of hydrogen-bond donors (Lipinski definition) is 0. The summed E-state index contributed by atoms with van der Waals surface area (Å²) in [5, 5.41) is 0. The Kier molecular flexibility index (Phi) is 2.81. The van der Waals surface area contributed by atoms with Crippen LogP contribution in [0.5, 0.6) is 0 Å². The van der Waals surface area contributed by atoms with Crippen molar-refractivity contribution in [2.75, 3.05) is 0 Å². The first-order valence-corrected chi connectivity index (χ1v) is 3.96. The summed E-state index contributed by atoms with van der Waals surface area (Å²) in [6, 6.07) is 6.20. The number of rotatable bonds is 2. The lowest BCUT2D eigenvalue weighted by Gasteiger charge is -1.99. The zero-order valence-electron chi connectivity index (χ0n) is 7.54. The van der Waals surface area contributed by atoms with Gasteiger partial charge >= 0.3 is 0 Å². The molecule has 1 nitrogen and oxygen atoms in total. The fourth-order valence-corrected chi connectivity index (χ4v) is 1.08. The number of allylic oxidation sites excluding steroid dienone is 1. The molecule has 1 heteroatoms. The van der Waals surface area contributed by atoms with Gasteiger partial charge < -0.3 is 0 Å². The van der Waals surface area contributed by atoms with E-state index in [-0.39, 0.29) is 0 Å². The lowest BCUT2D eigenvalue weighted by molar-refractivity contribution is 1.35. The van der Waals surface area contributed by atoms with E-state index in [1.54, 1.807) is 12.3 Å². The molecule has 0 aliphatic rings. The van der Waals surface area contributed by atoms with Crippen molar-refractivity contribution in [1.29, 1.82) is 0 Å². The predicted molar refractivity (Wildman–Crippen MR) is 54.3 cm³/mol. The molecule has 1 rings (SSSR count). The van der Waals surface area contributed by atoms with Gasteiger partial charge in [0.05, 0.1) is 5.69 Å². The third kappa shape index (κ3) is 2.06. The lowest BCUT2D eigenvalue weighted by Crippen LogP contribution is -1.77. The normalized spacial score (nSPS) is 10.5. The summed E-state index contributed by atoms with van der Waals surface area (Å²) in [6.45, 7) is 7.71. The van der Waals surface area contributed by atoms with Crippen LogP contribution in [-0.4, -0.2) is 6.21 Å². The van der Waals surface area contributed by atoms with Crippen LogP contribution < -0.4 is 0 Å². The van der Waals surface area contributed by atoms with Crippen molar-refractivity contribution >= 4 is 11.9 Å². The molecule has 12 heavy (non-hydrogen) atoms. The van der Waals surface area contributed by atoms with E-state index in [4.69, 9.17) is 0 Å². The van der Waals surface area contributed by atoms with Crippen LogP contribution in [0.3, 0.4) is 0 Å². The Hall–Kier alpha value is -1.37. The number of aliphatic imine (C=N–C) groups is 1.